The summed E-state index contributed by atoms with van der Waals surface area (Å²) in [6.45, 7) is 5.63. The summed E-state index contributed by atoms with van der Waals surface area (Å²) in [6, 6.07) is 19.4. The van der Waals surface area contributed by atoms with E-state index in [-0.39, 0.29) is 34.0 Å². The Hall–Kier alpha value is -3.43. The maximum absolute atomic E-state index is 14.0. The van der Waals surface area contributed by atoms with E-state index in [2.05, 4.69) is 5.32 Å². The molecule has 0 aliphatic carbocycles. The highest BCUT2D eigenvalue weighted by Gasteiger charge is 2.33. The second-order valence-electron chi connectivity index (χ2n) is 9.49. The van der Waals surface area contributed by atoms with E-state index >= 15 is 0 Å². The van der Waals surface area contributed by atoms with E-state index in [1.165, 1.54) is 29.2 Å². The summed E-state index contributed by atoms with van der Waals surface area (Å²) >= 11 is 5.99. The van der Waals surface area contributed by atoms with Gasteiger partial charge < -0.3 is 10.2 Å². The molecule has 0 unspecified atom stereocenters. The van der Waals surface area contributed by atoms with Crippen molar-refractivity contribution >= 4 is 39.1 Å². The number of halogens is 2. The van der Waals surface area contributed by atoms with Gasteiger partial charge in [-0.25, -0.2) is 12.8 Å². The van der Waals surface area contributed by atoms with Crippen molar-refractivity contribution in [1.82, 2.24) is 10.2 Å². The minimum atomic E-state index is -4.26. The molecule has 0 heterocycles. The van der Waals surface area contributed by atoms with Gasteiger partial charge in [-0.1, -0.05) is 80.9 Å². The summed E-state index contributed by atoms with van der Waals surface area (Å²) in [6.07, 6.45) is 0.316. The lowest BCUT2D eigenvalue weighted by Gasteiger charge is -2.33. The van der Waals surface area contributed by atoms with Crippen LogP contribution >= 0.6 is 11.6 Å². The van der Waals surface area contributed by atoms with Crippen LogP contribution in [0.2, 0.25) is 5.02 Å². The highest BCUT2D eigenvalue weighted by molar-refractivity contribution is 7.92. The van der Waals surface area contributed by atoms with Gasteiger partial charge in [-0.05, 0) is 48.2 Å². The number of carbonyl (C=O) groups excluding carboxylic acids is 2. The molecule has 0 aromatic heterocycles. The topological polar surface area (TPSA) is 86.8 Å². The van der Waals surface area contributed by atoms with Gasteiger partial charge in [-0.15, -0.1) is 0 Å². The fraction of sp³-hybridized carbons (Fsp3) is 0.310. The standard InChI is InChI=1S/C29H33ClFN3O4S/c1-4-27(29(36)32-18-21(2)3)33(19-22-11-7-5-8-12-22)28(35)20-34(23-15-16-26(31)25(30)17-23)39(37,38)24-13-9-6-10-14-24/h5-17,21,27H,4,18-20H2,1-3H3,(H,32,36)/t27-/m0/s1. The molecule has 1 N–H and O–H groups in total. The summed E-state index contributed by atoms with van der Waals surface area (Å²) in [4.78, 5) is 28.5. The first-order chi connectivity index (χ1) is 18.5. The third-order valence-corrected chi connectivity index (χ3v) is 8.15. The Labute approximate surface area is 234 Å². The van der Waals surface area contributed by atoms with Crippen LogP contribution in [0.5, 0.6) is 0 Å². The first-order valence-electron chi connectivity index (χ1n) is 12.7. The number of nitrogens with zero attached hydrogens (tertiary/aromatic N) is 2. The number of carbonyl (C=O) groups is 2. The fourth-order valence-electron chi connectivity index (χ4n) is 4.01. The van der Waals surface area contributed by atoms with Crippen LogP contribution < -0.4 is 9.62 Å². The average molecular weight is 574 g/mol. The van der Waals surface area contributed by atoms with Crippen molar-refractivity contribution in [2.75, 3.05) is 17.4 Å². The number of amides is 2. The molecule has 1 atom stereocenters. The van der Waals surface area contributed by atoms with Gasteiger partial charge in [-0.2, -0.15) is 0 Å². The molecule has 0 fully saturated rings. The molecule has 39 heavy (non-hydrogen) atoms. The molecular formula is C29H33ClFN3O4S. The molecular weight excluding hydrogens is 541 g/mol. The van der Waals surface area contributed by atoms with Crippen LogP contribution in [0.15, 0.2) is 83.8 Å². The Morgan fingerprint density at radius 3 is 2.15 bits per heavy atom. The van der Waals surface area contributed by atoms with Gasteiger partial charge in [0.15, 0.2) is 0 Å². The van der Waals surface area contributed by atoms with Crippen LogP contribution in [0.1, 0.15) is 32.8 Å². The first kappa shape index (κ1) is 30.1. The zero-order valence-corrected chi connectivity index (χ0v) is 23.8. The minimum Gasteiger partial charge on any atom is -0.354 e. The number of benzene rings is 3. The molecule has 2 amide bonds. The van der Waals surface area contributed by atoms with Crippen molar-refractivity contribution in [1.29, 1.82) is 0 Å². The molecule has 3 aromatic carbocycles. The third kappa shape index (κ3) is 7.80. The van der Waals surface area contributed by atoms with Gasteiger partial charge in [0.2, 0.25) is 11.8 Å². The van der Waals surface area contributed by atoms with Crippen molar-refractivity contribution < 1.29 is 22.4 Å². The van der Waals surface area contributed by atoms with Crippen LogP contribution in [0.25, 0.3) is 0 Å². The molecule has 0 radical (unpaired) electrons. The van der Waals surface area contributed by atoms with Gasteiger partial charge in [0.05, 0.1) is 15.6 Å². The van der Waals surface area contributed by atoms with Crippen molar-refractivity contribution in [2.45, 2.75) is 44.7 Å². The van der Waals surface area contributed by atoms with Gasteiger partial charge in [-0.3, -0.25) is 13.9 Å². The Kier molecular flexibility index (Phi) is 10.5. The predicted molar refractivity (Wildman–Crippen MR) is 151 cm³/mol. The van der Waals surface area contributed by atoms with Crippen LogP contribution in [-0.2, 0) is 26.2 Å². The Morgan fingerprint density at radius 2 is 1.59 bits per heavy atom. The third-order valence-electron chi connectivity index (χ3n) is 6.07. The molecule has 208 valence electrons. The number of sulfonamides is 1. The van der Waals surface area contributed by atoms with Crippen LogP contribution in [0.4, 0.5) is 10.1 Å². The first-order valence-corrected chi connectivity index (χ1v) is 14.5. The second kappa shape index (κ2) is 13.6. The number of nitrogens with one attached hydrogen (secondary N) is 1. The maximum Gasteiger partial charge on any atom is 0.264 e. The Morgan fingerprint density at radius 1 is 0.974 bits per heavy atom. The zero-order chi connectivity index (χ0) is 28.6. The average Bonchev–Trinajstić information content (AvgIpc) is 2.92. The predicted octanol–water partition coefficient (Wildman–Crippen LogP) is 5.25. The van der Waals surface area contributed by atoms with E-state index in [1.54, 1.807) is 25.1 Å². The normalized spacial score (nSPS) is 12.2. The van der Waals surface area contributed by atoms with Crippen molar-refractivity contribution in [3.63, 3.8) is 0 Å². The summed E-state index contributed by atoms with van der Waals surface area (Å²) in [5, 5.41) is 2.60. The molecule has 3 rings (SSSR count). The van der Waals surface area contributed by atoms with E-state index in [9.17, 15) is 22.4 Å². The molecule has 0 aliphatic heterocycles. The lowest BCUT2D eigenvalue weighted by molar-refractivity contribution is -0.140. The largest absolute Gasteiger partial charge is 0.354 e. The van der Waals surface area contributed by atoms with E-state index in [0.29, 0.717) is 13.0 Å². The molecule has 0 saturated carbocycles. The molecule has 0 bridgehead atoms. The molecule has 7 nitrogen and oxygen atoms in total. The number of rotatable bonds is 12. The highest BCUT2D eigenvalue weighted by Crippen LogP contribution is 2.28. The molecule has 3 aromatic rings. The summed E-state index contributed by atoms with van der Waals surface area (Å²) in [7, 11) is -4.26. The Bertz CT molecular complexity index is 1370. The lowest BCUT2D eigenvalue weighted by atomic mass is 10.1. The quantitative estimate of drug-likeness (QED) is 0.320. The SMILES string of the molecule is CC[C@@H](C(=O)NCC(C)C)N(Cc1ccccc1)C(=O)CN(c1ccc(F)c(Cl)c1)S(=O)(=O)c1ccccc1. The molecule has 10 heteroatoms. The Balaban J connectivity index is 2.04. The highest BCUT2D eigenvalue weighted by atomic mass is 35.5. The monoisotopic (exact) mass is 573 g/mol. The van der Waals surface area contributed by atoms with Crippen molar-refractivity contribution in [2.24, 2.45) is 5.92 Å². The minimum absolute atomic E-state index is 0.0237. The number of hydrogen-bond acceptors (Lipinski definition) is 4. The second-order valence-corrected chi connectivity index (χ2v) is 11.8. The zero-order valence-electron chi connectivity index (χ0n) is 22.2. The van der Waals surface area contributed by atoms with E-state index in [4.69, 9.17) is 11.6 Å². The van der Waals surface area contributed by atoms with E-state index < -0.39 is 34.3 Å². The van der Waals surface area contributed by atoms with Gasteiger partial charge in [0.25, 0.3) is 10.0 Å². The van der Waals surface area contributed by atoms with Crippen molar-refractivity contribution in [3.8, 4) is 0 Å². The molecule has 0 aliphatic rings. The molecule has 0 spiro atoms. The van der Waals surface area contributed by atoms with Crippen LogP contribution in [-0.4, -0.2) is 44.3 Å². The number of hydrogen-bond donors (Lipinski definition) is 1. The van der Waals surface area contributed by atoms with Crippen molar-refractivity contribution in [3.05, 3.63) is 95.3 Å². The van der Waals surface area contributed by atoms with E-state index in [1.807, 2.05) is 44.2 Å². The number of anilines is 1. The van der Waals surface area contributed by atoms with Crippen LogP contribution in [0, 0.1) is 11.7 Å². The smallest absolute Gasteiger partial charge is 0.264 e. The molecule has 0 saturated heterocycles. The van der Waals surface area contributed by atoms with Gasteiger partial charge >= 0.3 is 0 Å². The summed E-state index contributed by atoms with van der Waals surface area (Å²) in [5.41, 5.74) is 0.804. The van der Waals surface area contributed by atoms with Crippen LogP contribution in [0.3, 0.4) is 0 Å². The fourth-order valence-corrected chi connectivity index (χ4v) is 5.61. The summed E-state index contributed by atoms with van der Waals surface area (Å²) in [5.74, 6) is -1.43. The van der Waals surface area contributed by atoms with Gasteiger partial charge in [0.1, 0.15) is 18.4 Å². The lowest BCUT2D eigenvalue weighted by Crippen LogP contribution is -2.52. The summed E-state index contributed by atoms with van der Waals surface area (Å²) < 4.78 is 42.3. The maximum atomic E-state index is 14.0. The van der Waals surface area contributed by atoms with E-state index in [0.717, 1.165) is 15.9 Å². The van der Waals surface area contributed by atoms with Gasteiger partial charge in [0, 0.05) is 13.1 Å².